The van der Waals surface area contributed by atoms with Crippen LogP contribution in [0.3, 0.4) is 0 Å². The van der Waals surface area contributed by atoms with E-state index in [4.69, 9.17) is 4.74 Å². The molecule has 1 atom stereocenters. The molecule has 0 bridgehead atoms. The zero-order valence-corrected chi connectivity index (χ0v) is 14.3. The molecular formula is C17H15BrF2N2O2. The van der Waals surface area contributed by atoms with E-state index in [2.05, 4.69) is 20.9 Å². The van der Waals surface area contributed by atoms with E-state index in [1.807, 2.05) is 6.07 Å². The van der Waals surface area contributed by atoms with Crippen molar-refractivity contribution in [2.75, 3.05) is 13.1 Å². The van der Waals surface area contributed by atoms with Crippen LogP contribution in [0.1, 0.15) is 12.0 Å². The second-order valence-electron chi connectivity index (χ2n) is 5.60. The van der Waals surface area contributed by atoms with Crippen LogP contribution in [0, 0.1) is 11.6 Å². The van der Waals surface area contributed by atoms with Gasteiger partial charge in [0.2, 0.25) is 11.8 Å². The van der Waals surface area contributed by atoms with Crippen molar-refractivity contribution in [3.8, 4) is 5.88 Å². The van der Waals surface area contributed by atoms with Crippen molar-refractivity contribution in [3.63, 3.8) is 0 Å². The van der Waals surface area contributed by atoms with Crippen LogP contribution < -0.4 is 4.74 Å². The van der Waals surface area contributed by atoms with E-state index >= 15 is 0 Å². The molecule has 1 aromatic carbocycles. The summed E-state index contributed by atoms with van der Waals surface area (Å²) in [5, 5.41) is 0. The molecule has 126 valence electrons. The molecular weight excluding hydrogens is 382 g/mol. The van der Waals surface area contributed by atoms with Gasteiger partial charge in [-0.05, 0) is 33.6 Å². The van der Waals surface area contributed by atoms with E-state index in [-0.39, 0.29) is 24.0 Å². The first-order valence-corrected chi connectivity index (χ1v) is 8.30. The molecule has 0 radical (unpaired) electrons. The monoisotopic (exact) mass is 396 g/mol. The predicted octanol–water partition coefficient (Wildman–Crippen LogP) is 3.34. The molecule has 4 nitrogen and oxygen atoms in total. The average molecular weight is 397 g/mol. The minimum absolute atomic E-state index is 0.0879. The highest BCUT2D eigenvalue weighted by Gasteiger charge is 2.28. The van der Waals surface area contributed by atoms with E-state index in [0.717, 1.165) is 16.6 Å². The Bertz CT molecular complexity index is 740. The number of likely N-dealkylation sites (tertiary alicyclic amines) is 1. The molecule has 2 heterocycles. The van der Waals surface area contributed by atoms with Gasteiger partial charge in [0.1, 0.15) is 17.7 Å². The third kappa shape index (κ3) is 4.08. The molecule has 2 aromatic rings. The van der Waals surface area contributed by atoms with E-state index in [0.29, 0.717) is 25.4 Å². The summed E-state index contributed by atoms with van der Waals surface area (Å²) < 4.78 is 33.2. The molecule has 0 unspecified atom stereocenters. The Morgan fingerprint density at radius 1 is 1.33 bits per heavy atom. The van der Waals surface area contributed by atoms with E-state index in [1.54, 1.807) is 17.2 Å². The minimum Gasteiger partial charge on any atom is -0.472 e. The Balaban J connectivity index is 1.56. The molecule has 0 spiro atoms. The van der Waals surface area contributed by atoms with Crippen LogP contribution in [0.4, 0.5) is 8.78 Å². The normalized spacial score (nSPS) is 17.1. The number of amides is 1. The van der Waals surface area contributed by atoms with Gasteiger partial charge in [-0.3, -0.25) is 4.79 Å². The lowest BCUT2D eigenvalue weighted by Gasteiger charge is -2.17. The maximum Gasteiger partial charge on any atom is 0.227 e. The molecule has 1 saturated heterocycles. The van der Waals surface area contributed by atoms with Gasteiger partial charge < -0.3 is 9.64 Å². The fourth-order valence-electron chi connectivity index (χ4n) is 2.59. The zero-order chi connectivity index (χ0) is 17.1. The van der Waals surface area contributed by atoms with E-state index in [1.165, 1.54) is 6.07 Å². The van der Waals surface area contributed by atoms with Crippen LogP contribution in [0.5, 0.6) is 5.88 Å². The van der Waals surface area contributed by atoms with Crippen LogP contribution in [-0.4, -0.2) is 35.0 Å². The summed E-state index contributed by atoms with van der Waals surface area (Å²) in [5.41, 5.74) is 0.195. The largest absolute Gasteiger partial charge is 0.472 e. The number of halogens is 3. The molecule has 1 aliphatic heterocycles. The van der Waals surface area contributed by atoms with Crippen LogP contribution in [0.15, 0.2) is 41.0 Å². The quantitative estimate of drug-likeness (QED) is 0.795. The Labute approximate surface area is 146 Å². The molecule has 1 fully saturated rings. The number of carbonyl (C=O) groups is 1. The standard InChI is InChI=1S/C17H15BrF2N2O2/c18-12-2-4-16(21-9-12)24-14-5-6-22(10-14)17(23)7-11-1-3-13(19)8-15(11)20/h1-4,8-9,14H,5-7,10H2/t14-/m1/s1. The van der Waals surface area contributed by atoms with Crippen molar-refractivity contribution in [1.82, 2.24) is 9.88 Å². The number of benzene rings is 1. The molecule has 0 N–H and O–H groups in total. The van der Waals surface area contributed by atoms with Gasteiger partial charge in [0.25, 0.3) is 0 Å². The van der Waals surface area contributed by atoms with Crippen molar-refractivity contribution in [3.05, 3.63) is 58.2 Å². The second kappa shape index (κ2) is 7.25. The number of aromatic nitrogens is 1. The van der Waals surface area contributed by atoms with Crippen molar-refractivity contribution >= 4 is 21.8 Å². The number of ether oxygens (including phenoxy) is 1. The van der Waals surface area contributed by atoms with Crippen molar-refractivity contribution in [2.45, 2.75) is 18.9 Å². The minimum atomic E-state index is -0.700. The van der Waals surface area contributed by atoms with Crippen LogP contribution in [0.2, 0.25) is 0 Å². The van der Waals surface area contributed by atoms with Crippen molar-refractivity contribution in [1.29, 1.82) is 0 Å². The molecule has 0 saturated carbocycles. The Morgan fingerprint density at radius 3 is 2.88 bits per heavy atom. The number of pyridine rings is 1. The summed E-state index contributed by atoms with van der Waals surface area (Å²) in [6.45, 7) is 0.974. The van der Waals surface area contributed by atoms with Crippen molar-refractivity contribution in [2.24, 2.45) is 0 Å². The van der Waals surface area contributed by atoms with Gasteiger partial charge in [-0.1, -0.05) is 6.07 Å². The highest BCUT2D eigenvalue weighted by atomic mass is 79.9. The average Bonchev–Trinajstić information content (AvgIpc) is 3.01. The first kappa shape index (κ1) is 16.8. The van der Waals surface area contributed by atoms with Gasteiger partial charge in [0.05, 0.1) is 13.0 Å². The SMILES string of the molecule is O=C(Cc1ccc(F)cc1F)N1CC[C@@H](Oc2ccc(Br)cn2)C1. The Hall–Kier alpha value is -2.02. The summed E-state index contributed by atoms with van der Waals surface area (Å²) >= 11 is 3.30. The topological polar surface area (TPSA) is 42.4 Å². The molecule has 0 aliphatic carbocycles. The maximum atomic E-state index is 13.6. The van der Waals surface area contributed by atoms with Crippen LogP contribution >= 0.6 is 15.9 Å². The van der Waals surface area contributed by atoms with Crippen molar-refractivity contribution < 1.29 is 18.3 Å². The summed E-state index contributed by atoms with van der Waals surface area (Å²) in [5.74, 6) is -1.05. The molecule has 24 heavy (non-hydrogen) atoms. The Morgan fingerprint density at radius 2 is 2.17 bits per heavy atom. The van der Waals surface area contributed by atoms with Gasteiger partial charge in [0, 0.05) is 35.8 Å². The summed E-state index contributed by atoms with van der Waals surface area (Å²) in [7, 11) is 0. The first-order chi connectivity index (χ1) is 11.5. The Kier molecular flexibility index (Phi) is 5.08. The molecule has 3 rings (SSSR count). The lowest BCUT2D eigenvalue weighted by molar-refractivity contribution is -0.129. The predicted molar refractivity (Wildman–Crippen MR) is 87.6 cm³/mol. The lowest BCUT2D eigenvalue weighted by atomic mass is 10.1. The van der Waals surface area contributed by atoms with Gasteiger partial charge in [-0.15, -0.1) is 0 Å². The summed E-state index contributed by atoms with van der Waals surface area (Å²) in [6.07, 6.45) is 2.11. The van der Waals surface area contributed by atoms with Crippen LogP contribution in [0.25, 0.3) is 0 Å². The first-order valence-electron chi connectivity index (χ1n) is 7.51. The fourth-order valence-corrected chi connectivity index (χ4v) is 2.83. The molecule has 1 aliphatic rings. The van der Waals surface area contributed by atoms with Gasteiger partial charge in [-0.2, -0.15) is 0 Å². The van der Waals surface area contributed by atoms with E-state index < -0.39 is 11.6 Å². The number of rotatable bonds is 4. The highest BCUT2D eigenvalue weighted by molar-refractivity contribution is 9.10. The zero-order valence-electron chi connectivity index (χ0n) is 12.7. The highest BCUT2D eigenvalue weighted by Crippen LogP contribution is 2.19. The lowest BCUT2D eigenvalue weighted by Crippen LogP contribution is -2.32. The molecule has 1 aromatic heterocycles. The number of hydrogen-bond donors (Lipinski definition) is 0. The third-order valence-electron chi connectivity index (χ3n) is 3.84. The second-order valence-corrected chi connectivity index (χ2v) is 6.51. The maximum absolute atomic E-state index is 13.6. The number of nitrogens with zero attached hydrogens (tertiary/aromatic N) is 2. The fraction of sp³-hybridized carbons (Fsp3) is 0.294. The summed E-state index contributed by atoms with van der Waals surface area (Å²) in [6, 6.07) is 6.83. The van der Waals surface area contributed by atoms with Gasteiger partial charge >= 0.3 is 0 Å². The number of carbonyl (C=O) groups excluding carboxylic acids is 1. The van der Waals surface area contributed by atoms with E-state index in [9.17, 15) is 13.6 Å². The van der Waals surface area contributed by atoms with Gasteiger partial charge in [-0.25, -0.2) is 13.8 Å². The molecule has 7 heteroatoms. The van der Waals surface area contributed by atoms with Gasteiger partial charge in [0.15, 0.2) is 0 Å². The summed E-state index contributed by atoms with van der Waals surface area (Å²) in [4.78, 5) is 18.1. The smallest absolute Gasteiger partial charge is 0.227 e. The van der Waals surface area contributed by atoms with Crippen LogP contribution in [-0.2, 0) is 11.2 Å². The number of hydrogen-bond acceptors (Lipinski definition) is 3. The molecule has 1 amide bonds. The third-order valence-corrected chi connectivity index (χ3v) is 4.31.